The third kappa shape index (κ3) is 5.77. The molecular weight excluding hydrogens is 719 g/mol. The fraction of sp³-hybridized carbons (Fsp3) is 0. The van der Waals surface area contributed by atoms with Crippen LogP contribution in [0, 0.1) is 0 Å². The van der Waals surface area contributed by atoms with Gasteiger partial charge in [0.25, 0.3) is 0 Å². The van der Waals surface area contributed by atoms with Gasteiger partial charge in [0.05, 0.1) is 11.4 Å². The molecule has 272 valence electrons. The second-order valence-corrected chi connectivity index (χ2v) is 15.9. The number of rotatable bonds is 7. The normalized spacial score (nSPS) is 11.4. The molecule has 58 heavy (non-hydrogen) atoms. The van der Waals surface area contributed by atoms with Gasteiger partial charge in [-0.3, -0.25) is 0 Å². The van der Waals surface area contributed by atoms with E-state index in [1.54, 1.807) is 0 Å². The molecule has 0 unspecified atom stereocenters. The molecule has 11 aromatic rings. The highest BCUT2D eigenvalue weighted by Gasteiger charge is 2.23. The van der Waals surface area contributed by atoms with Crippen LogP contribution >= 0.6 is 11.3 Å². The predicted molar refractivity (Wildman–Crippen MR) is 251 cm³/mol. The van der Waals surface area contributed by atoms with E-state index in [4.69, 9.17) is 0 Å². The van der Waals surface area contributed by atoms with Gasteiger partial charge in [-0.2, -0.15) is 0 Å². The lowest BCUT2D eigenvalue weighted by molar-refractivity contribution is 1.29. The first-order chi connectivity index (χ1) is 28.8. The van der Waals surface area contributed by atoms with E-state index in [0.29, 0.717) is 0 Å². The summed E-state index contributed by atoms with van der Waals surface area (Å²) in [6.45, 7) is 0. The third-order valence-electron chi connectivity index (χ3n) is 11.5. The zero-order valence-electron chi connectivity index (χ0n) is 31.7. The number of nitrogens with zero attached hydrogens (tertiary/aromatic N) is 1. The molecular formula is C56H37NS. The number of para-hydroxylation sites is 2. The lowest BCUT2D eigenvalue weighted by Crippen LogP contribution is -2.12. The molecule has 0 N–H and O–H groups in total. The minimum absolute atomic E-state index is 1.10. The summed E-state index contributed by atoms with van der Waals surface area (Å²) in [5.41, 5.74) is 12.9. The molecule has 1 aromatic heterocycles. The molecule has 11 rings (SSSR count). The van der Waals surface area contributed by atoms with Crippen LogP contribution in [-0.2, 0) is 0 Å². The van der Waals surface area contributed by atoms with Crippen LogP contribution in [0.25, 0.3) is 86.2 Å². The van der Waals surface area contributed by atoms with Crippen molar-refractivity contribution < 1.29 is 0 Å². The zero-order chi connectivity index (χ0) is 38.4. The van der Waals surface area contributed by atoms with E-state index in [-0.39, 0.29) is 0 Å². The Hall–Kier alpha value is -7.26. The molecule has 0 saturated heterocycles. The van der Waals surface area contributed by atoms with Crippen molar-refractivity contribution >= 4 is 70.1 Å². The number of thiophene rings is 1. The molecule has 0 spiro atoms. The molecule has 0 saturated carbocycles. The fourth-order valence-electron chi connectivity index (χ4n) is 8.91. The van der Waals surface area contributed by atoms with Crippen LogP contribution in [0.2, 0.25) is 0 Å². The molecule has 0 amide bonds. The van der Waals surface area contributed by atoms with Crippen molar-refractivity contribution in [3.8, 4) is 44.5 Å². The van der Waals surface area contributed by atoms with Crippen LogP contribution in [0.3, 0.4) is 0 Å². The van der Waals surface area contributed by atoms with Gasteiger partial charge in [0.2, 0.25) is 0 Å². The van der Waals surface area contributed by atoms with E-state index < -0.39 is 0 Å². The van der Waals surface area contributed by atoms with E-state index in [9.17, 15) is 0 Å². The van der Waals surface area contributed by atoms with Crippen molar-refractivity contribution in [2.75, 3.05) is 4.90 Å². The molecule has 0 aliphatic heterocycles. The summed E-state index contributed by atoms with van der Waals surface area (Å²) in [7, 11) is 0. The van der Waals surface area contributed by atoms with E-state index >= 15 is 0 Å². The molecule has 10 aromatic carbocycles. The summed E-state index contributed by atoms with van der Waals surface area (Å²) < 4.78 is 2.61. The molecule has 0 radical (unpaired) electrons. The second-order valence-electron chi connectivity index (χ2n) is 14.8. The van der Waals surface area contributed by atoms with Gasteiger partial charge in [0.1, 0.15) is 0 Å². The quantitative estimate of drug-likeness (QED) is 0.157. The fourth-order valence-corrected chi connectivity index (χ4v) is 10.0. The van der Waals surface area contributed by atoms with Crippen molar-refractivity contribution in [2.45, 2.75) is 0 Å². The van der Waals surface area contributed by atoms with Crippen LogP contribution in [0.15, 0.2) is 224 Å². The highest BCUT2D eigenvalue weighted by molar-refractivity contribution is 7.25. The molecule has 1 heterocycles. The average molecular weight is 756 g/mol. The molecule has 0 fully saturated rings. The van der Waals surface area contributed by atoms with Crippen LogP contribution < -0.4 is 4.90 Å². The van der Waals surface area contributed by atoms with Gasteiger partial charge in [-0.25, -0.2) is 0 Å². The number of benzene rings is 10. The maximum Gasteiger partial charge on any atom is 0.0540 e. The van der Waals surface area contributed by atoms with Gasteiger partial charge in [0.15, 0.2) is 0 Å². The number of fused-ring (bicyclic) bond motifs is 5. The Labute approximate surface area is 342 Å². The van der Waals surface area contributed by atoms with Crippen LogP contribution in [0.1, 0.15) is 0 Å². The lowest BCUT2D eigenvalue weighted by Gasteiger charge is -2.31. The van der Waals surface area contributed by atoms with Crippen molar-refractivity contribution in [3.05, 3.63) is 224 Å². The Morgan fingerprint density at radius 1 is 0.293 bits per heavy atom. The maximum absolute atomic E-state index is 2.49. The van der Waals surface area contributed by atoms with E-state index in [1.807, 2.05) is 11.3 Å². The molecule has 0 atom stereocenters. The smallest absolute Gasteiger partial charge is 0.0540 e. The monoisotopic (exact) mass is 755 g/mol. The van der Waals surface area contributed by atoms with Gasteiger partial charge < -0.3 is 4.90 Å². The highest BCUT2D eigenvalue weighted by atomic mass is 32.1. The van der Waals surface area contributed by atoms with Crippen molar-refractivity contribution in [3.63, 3.8) is 0 Å². The maximum atomic E-state index is 2.49. The van der Waals surface area contributed by atoms with Gasteiger partial charge in [-0.05, 0) is 91.3 Å². The average Bonchev–Trinajstić information content (AvgIpc) is 3.68. The Morgan fingerprint density at radius 2 is 0.793 bits per heavy atom. The third-order valence-corrected chi connectivity index (χ3v) is 12.6. The summed E-state index contributed by atoms with van der Waals surface area (Å²) in [4.78, 5) is 2.49. The van der Waals surface area contributed by atoms with Gasteiger partial charge >= 0.3 is 0 Å². The minimum Gasteiger partial charge on any atom is -0.309 e. The predicted octanol–water partition coefficient (Wildman–Crippen LogP) is 16.5. The summed E-state index contributed by atoms with van der Waals surface area (Å²) in [6, 6.07) is 82.1. The van der Waals surface area contributed by atoms with Crippen molar-refractivity contribution in [1.29, 1.82) is 0 Å². The molecule has 0 bridgehead atoms. The standard InChI is InChI=1S/C56H37NS/c1-2-17-39(18-3-1)44-29-14-21-40-22-15-32-49(55(40)44)48-27-7-10-34-52(48)57(51-33-9-6-26-47(51)46-31-13-20-38-19-4-5-25-43(38)46)42-24-12-23-41(37-42)45-30-16-36-54-56(45)50-28-8-11-35-53(50)58-54/h1-37H. The highest BCUT2D eigenvalue weighted by Crippen LogP contribution is 2.49. The van der Waals surface area contributed by atoms with Crippen molar-refractivity contribution in [2.24, 2.45) is 0 Å². The van der Waals surface area contributed by atoms with Gasteiger partial charge in [-0.15, -0.1) is 11.3 Å². The summed E-state index contributed by atoms with van der Waals surface area (Å²) in [6.07, 6.45) is 0. The van der Waals surface area contributed by atoms with E-state index in [2.05, 4.69) is 229 Å². The van der Waals surface area contributed by atoms with Crippen LogP contribution in [0.5, 0.6) is 0 Å². The van der Waals surface area contributed by atoms with E-state index in [1.165, 1.54) is 86.2 Å². The lowest BCUT2D eigenvalue weighted by atomic mass is 9.90. The largest absolute Gasteiger partial charge is 0.309 e. The minimum atomic E-state index is 1.10. The Balaban J connectivity index is 1.19. The summed E-state index contributed by atoms with van der Waals surface area (Å²) >= 11 is 1.86. The Bertz CT molecular complexity index is 3290. The second kappa shape index (κ2) is 14.4. The van der Waals surface area contributed by atoms with Crippen molar-refractivity contribution in [1.82, 2.24) is 0 Å². The Morgan fingerprint density at radius 3 is 1.59 bits per heavy atom. The number of hydrogen-bond donors (Lipinski definition) is 0. The molecule has 0 aliphatic rings. The summed E-state index contributed by atoms with van der Waals surface area (Å²) in [5, 5.41) is 7.54. The van der Waals surface area contributed by atoms with Crippen LogP contribution in [0.4, 0.5) is 17.1 Å². The molecule has 0 aliphatic carbocycles. The van der Waals surface area contributed by atoms with Gasteiger partial charge in [0, 0.05) is 37.0 Å². The topological polar surface area (TPSA) is 3.24 Å². The SMILES string of the molecule is c1ccc(-c2cccc3cccc(-c4ccccc4N(c4cccc(-c5cccc6sc7ccccc7c56)c4)c4ccccc4-c4cccc5ccccc45)c23)cc1. The van der Waals surface area contributed by atoms with Crippen LogP contribution in [-0.4, -0.2) is 0 Å². The zero-order valence-corrected chi connectivity index (χ0v) is 32.5. The number of anilines is 3. The first-order valence-electron chi connectivity index (χ1n) is 19.8. The molecule has 1 nitrogen and oxygen atoms in total. The Kier molecular flexibility index (Phi) is 8.42. The number of hydrogen-bond acceptors (Lipinski definition) is 2. The molecule has 2 heteroatoms. The summed E-state index contributed by atoms with van der Waals surface area (Å²) in [5.74, 6) is 0. The van der Waals surface area contributed by atoms with Gasteiger partial charge in [-0.1, -0.05) is 188 Å². The first kappa shape index (κ1) is 34.0. The van der Waals surface area contributed by atoms with E-state index in [0.717, 1.165) is 17.1 Å². The first-order valence-corrected chi connectivity index (χ1v) is 20.7.